The Labute approximate surface area is 112 Å². The van der Waals surface area contributed by atoms with E-state index in [1.807, 2.05) is 0 Å². The van der Waals surface area contributed by atoms with Gasteiger partial charge in [0.15, 0.2) is 0 Å². The average molecular weight is 379 g/mol. The summed E-state index contributed by atoms with van der Waals surface area (Å²) in [4.78, 5) is 14.1. The van der Waals surface area contributed by atoms with Crippen LogP contribution in [0.3, 0.4) is 0 Å². The number of carbonyl (C=O) groups is 1. The first kappa shape index (κ1) is 14.9. The molecule has 0 spiro atoms. The van der Waals surface area contributed by atoms with Gasteiger partial charge in [0, 0.05) is 11.8 Å². The predicted molar refractivity (Wildman–Crippen MR) is 59.8 cm³/mol. The zero-order chi connectivity index (χ0) is 13.9. The minimum atomic E-state index is -5.03. The van der Waals surface area contributed by atoms with Crippen molar-refractivity contribution in [2.75, 3.05) is 0 Å². The number of aromatic nitrogens is 1. The number of pyridine rings is 1. The lowest BCUT2D eigenvalue weighted by Crippen LogP contribution is -2.20. The van der Waals surface area contributed by atoms with Gasteiger partial charge < -0.3 is 9.84 Å². The lowest BCUT2D eigenvalue weighted by Gasteiger charge is -2.15. The molecule has 1 rings (SSSR count). The Morgan fingerprint density at radius 2 is 2.11 bits per heavy atom. The van der Waals surface area contributed by atoms with Crippen molar-refractivity contribution in [1.29, 1.82) is 0 Å². The summed E-state index contributed by atoms with van der Waals surface area (Å²) in [5, 5.41) is 8.56. The van der Waals surface area contributed by atoms with Crippen LogP contribution >= 0.6 is 22.6 Å². The molecule has 0 aliphatic heterocycles. The summed E-state index contributed by atoms with van der Waals surface area (Å²) in [5.74, 6) is -2.19. The highest BCUT2D eigenvalue weighted by atomic mass is 127. The van der Waals surface area contributed by atoms with Gasteiger partial charge in [0.2, 0.25) is 0 Å². The van der Waals surface area contributed by atoms with Crippen molar-refractivity contribution in [2.45, 2.75) is 19.5 Å². The fourth-order valence-corrected chi connectivity index (χ4v) is 1.73. The van der Waals surface area contributed by atoms with E-state index in [9.17, 15) is 22.4 Å². The zero-order valence-electron chi connectivity index (χ0n) is 8.59. The Morgan fingerprint density at radius 1 is 1.50 bits per heavy atom. The van der Waals surface area contributed by atoms with Crippen LogP contribution in [0.25, 0.3) is 0 Å². The van der Waals surface area contributed by atoms with Gasteiger partial charge in [0.25, 0.3) is 0 Å². The number of ether oxygens (including phenoxy) is 1. The Hall–Kier alpha value is -1.13. The van der Waals surface area contributed by atoms with E-state index in [2.05, 4.69) is 9.72 Å². The summed E-state index contributed by atoms with van der Waals surface area (Å²) in [6.45, 7) is -1.23. The number of aliphatic carboxylic acids is 1. The minimum Gasteiger partial charge on any atom is -0.481 e. The second kappa shape index (κ2) is 5.67. The van der Waals surface area contributed by atoms with Crippen molar-refractivity contribution in [3.05, 3.63) is 21.0 Å². The van der Waals surface area contributed by atoms with Crippen molar-refractivity contribution >= 4 is 28.6 Å². The fourth-order valence-electron chi connectivity index (χ4n) is 1.21. The molecular weight excluding hydrogens is 373 g/mol. The molecule has 0 atom stereocenters. The Balaban J connectivity index is 3.29. The number of carboxylic acids is 1. The van der Waals surface area contributed by atoms with Crippen molar-refractivity contribution in [1.82, 2.24) is 4.98 Å². The lowest BCUT2D eigenvalue weighted by atomic mass is 10.1. The van der Waals surface area contributed by atoms with E-state index in [1.165, 1.54) is 0 Å². The molecule has 100 valence electrons. The van der Waals surface area contributed by atoms with Gasteiger partial charge in [0.1, 0.15) is 16.1 Å². The first-order valence-electron chi connectivity index (χ1n) is 4.44. The maximum Gasteiger partial charge on any atom is 0.573 e. The third-order valence-corrected chi connectivity index (χ3v) is 2.77. The number of carboxylic acid groups (broad SMARTS) is 1. The van der Waals surface area contributed by atoms with Crippen LogP contribution in [0.15, 0.2) is 6.20 Å². The standard InChI is InChI=1S/C9H6F4INO3/c10-2-5-7(18-9(11,12)13)4(1-6(16)17)3-15-8(5)14/h3H,1-2H2,(H,16,17). The minimum absolute atomic E-state index is 0.0107. The van der Waals surface area contributed by atoms with Crippen LogP contribution < -0.4 is 4.74 Å². The molecule has 4 nitrogen and oxygen atoms in total. The molecule has 0 fully saturated rings. The van der Waals surface area contributed by atoms with E-state index in [0.717, 1.165) is 6.20 Å². The maximum atomic E-state index is 12.7. The normalized spacial score (nSPS) is 11.4. The molecule has 18 heavy (non-hydrogen) atoms. The maximum absolute atomic E-state index is 12.7. The van der Waals surface area contributed by atoms with E-state index in [-0.39, 0.29) is 9.26 Å². The van der Waals surface area contributed by atoms with E-state index in [1.54, 1.807) is 22.6 Å². The molecule has 1 aromatic heterocycles. The van der Waals surface area contributed by atoms with Crippen molar-refractivity contribution in [3.8, 4) is 5.75 Å². The SMILES string of the molecule is O=C(O)Cc1cnc(I)c(CF)c1OC(F)(F)F. The summed E-state index contributed by atoms with van der Waals surface area (Å²) in [7, 11) is 0. The molecule has 0 aliphatic carbocycles. The van der Waals surface area contributed by atoms with E-state index >= 15 is 0 Å². The fraction of sp³-hybridized carbons (Fsp3) is 0.333. The molecule has 1 N–H and O–H groups in total. The van der Waals surface area contributed by atoms with E-state index < -0.39 is 36.7 Å². The summed E-state index contributed by atoms with van der Waals surface area (Å²) < 4.78 is 53.0. The molecule has 0 amide bonds. The topological polar surface area (TPSA) is 59.4 Å². The highest BCUT2D eigenvalue weighted by molar-refractivity contribution is 14.1. The number of halogens is 5. The van der Waals surface area contributed by atoms with Crippen LogP contribution in [0.4, 0.5) is 17.6 Å². The van der Waals surface area contributed by atoms with Gasteiger partial charge >= 0.3 is 12.3 Å². The van der Waals surface area contributed by atoms with Crippen molar-refractivity contribution in [3.63, 3.8) is 0 Å². The molecule has 0 radical (unpaired) electrons. The summed E-state index contributed by atoms with van der Waals surface area (Å²) >= 11 is 1.54. The summed E-state index contributed by atoms with van der Waals surface area (Å²) in [6.07, 6.45) is -4.83. The molecule has 0 unspecified atom stereocenters. The second-order valence-corrected chi connectivity index (χ2v) is 4.16. The van der Waals surface area contributed by atoms with Gasteiger partial charge in [-0.15, -0.1) is 13.2 Å². The van der Waals surface area contributed by atoms with Crippen LogP contribution in [0.1, 0.15) is 11.1 Å². The van der Waals surface area contributed by atoms with Crippen LogP contribution in [0, 0.1) is 3.70 Å². The lowest BCUT2D eigenvalue weighted by molar-refractivity contribution is -0.275. The number of hydrogen-bond donors (Lipinski definition) is 1. The number of nitrogens with zero attached hydrogens (tertiary/aromatic N) is 1. The number of rotatable bonds is 4. The molecule has 1 heterocycles. The average Bonchev–Trinajstić information content (AvgIpc) is 2.20. The Kier molecular flexibility index (Phi) is 4.71. The quantitative estimate of drug-likeness (QED) is 0.497. The largest absolute Gasteiger partial charge is 0.573 e. The van der Waals surface area contributed by atoms with Gasteiger partial charge in [0.05, 0.1) is 12.0 Å². The molecule has 0 saturated heterocycles. The predicted octanol–water partition coefficient (Wildman–Crippen LogP) is 2.68. The summed E-state index contributed by atoms with van der Waals surface area (Å²) in [6, 6.07) is 0. The van der Waals surface area contributed by atoms with Gasteiger partial charge in [-0.05, 0) is 22.6 Å². The monoisotopic (exact) mass is 379 g/mol. The van der Waals surface area contributed by atoms with Gasteiger partial charge in [-0.25, -0.2) is 9.37 Å². The summed E-state index contributed by atoms with van der Waals surface area (Å²) in [5.41, 5.74) is -0.737. The van der Waals surface area contributed by atoms with Crippen LogP contribution in [-0.4, -0.2) is 22.4 Å². The van der Waals surface area contributed by atoms with Gasteiger partial charge in [-0.3, -0.25) is 4.79 Å². The molecular formula is C9H6F4INO3. The second-order valence-electron chi connectivity index (χ2n) is 3.13. The third-order valence-electron chi connectivity index (χ3n) is 1.84. The molecule has 9 heteroatoms. The van der Waals surface area contributed by atoms with Crippen LogP contribution in [0.2, 0.25) is 0 Å². The van der Waals surface area contributed by atoms with E-state index in [0.29, 0.717) is 0 Å². The molecule has 0 bridgehead atoms. The first-order chi connectivity index (χ1) is 8.24. The Morgan fingerprint density at radius 3 is 2.56 bits per heavy atom. The van der Waals surface area contributed by atoms with Gasteiger partial charge in [-0.2, -0.15) is 0 Å². The smallest absolute Gasteiger partial charge is 0.481 e. The Bertz CT molecular complexity index is 464. The highest BCUT2D eigenvalue weighted by Gasteiger charge is 2.34. The van der Waals surface area contributed by atoms with Gasteiger partial charge in [-0.1, -0.05) is 0 Å². The number of hydrogen-bond acceptors (Lipinski definition) is 3. The molecule has 0 aromatic carbocycles. The molecule has 0 aliphatic rings. The van der Waals surface area contributed by atoms with Crippen LogP contribution in [0.5, 0.6) is 5.75 Å². The number of alkyl halides is 4. The third kappa shape index (κ3) is 3.96. The highest BCUT2D eigenvalue weighted by Crippen LogP contribution is 2.33. The molecule has 0 saturated carbocycles. The van der Waals surface area contributed by atoms with Crippen molar-refractivity contribution in [2.24, 2.45) is 0 Å². The zero-order valence-corrected chi connectivity index (χ0v) is 10.7. The first-order valence-corrected chi connectivity index (χ1v) is 5.52. The van der Waals surface area contributed by atoms with Crippen LogP contribution in [-0.2, 0) is 17.9 Å². The molecule has 1 aromatic rings. The van der Waals surface area contributed by atoms with E-state index in [4.69, 9.17) is 5.11 Å². The van der Waals surface area contributed by atoms with Crippen molar-refractivity contribution < 1.29 is 32.2 Å².